The highest BCUT2D eigenvalue weighted by Gasteiger charge is 2.25. The summed E-state index contributed by atoms with van der Waals surface area (Å²) in [6.45, 7) is 2.51. The molecule has 0 spiro atoms. The van der Waals surface area contributed by atoms with Gasteiger partial charge in [-0.2, -0.15) is 17.4 Å². The van der Waals surface area contributed by atoms with Gasteiger partial charge in [0.1, 0.15) is 0 Å². The Balaban J connectivity index is 1.68. The maximum atomic E-state index is 11.3. The van der Waals surface area contributed by atoms with Gasteiger partial charge in [0.15, 0.2) is 5.82 Å². The maximum absolute atomic E-state index is 11.3. The zero-order chi connectivity index (χ0) is 15.6. The number of hydrogen-bond acceptors (Lipinski definition) is 6. The van der Waals surface area contributed by atoms with E-state index in [-0.39, 0.29) is 0 Å². The molecule has 1 fully saturated rings. The van der Waals surface area contributed by atoms with Crippen LogP contribution in [0.5, 0.6) is 0 Å². The van der Waals surface area contributed by atoms with Crippen molar-refractivity contribution in [3.63, 3.8) is 0 Å². The Morgan fingerprint density at radius 3 is 2.41 bits per heavy atom. The summed E-state index contributed by atoms with van der Waals surface area (Å²) in [6.07, 6.45) is 0. The number of piperazine rings is 1. The minimum Gasteiger partial charge on any atom is -0.293 e. The molecule has 118 valence electrons. The summed E-state index contributed by atoms with van der Waals surface area (Å²) in [5, 5.41) is 16.9. The zero-order valence-corrected chi connectivity index (χ0v) is 12.7. The second-order valence-corrected chi connectivity index (χ2v) is 6.61. The van der Waals surface area contributed by atoms with Gasteiger partial charge in [0, 0.05) is 26.2 Å². The monoisotopic (exact) mass is 323 g/mol. The van der Waals surface area contributed by atoms with Crippen molar-refractivity contribution in [1.82, 2.24) is 29.4 Å². The summed E-state index contributed by atoms with van der Waals surface area (Å²) < 4.78 is 25.6. The van der Waals surface area contributed by atoms with Crippen LogP contribution in [0.4, 0.5) is 0 Å². The second kappa shape index (κ2) is 6.08. The van der Waals surface area contributed by atoms with Crippen molar-refractivity contribution >= 4 is 10.2 Å². The van der Waals surface area contributed by atoms with Gasteiger partial charge in [0.2, 0.25) is 0 Å². The minimum absolute atomic E-state index is 0.381. The Kier molecular flexibility index (Phi) is 4.16. The fourth-order valence-electron chi connectivity index (χ4n) is 2.42. The lowest BCUT2D eigenvalue weighted by molar-refractivity contribution is 0.177. The fourth-order valence-corrected chi connectivity index (χ4v) is 3.09. The lowest BCUT2D eigenvalue weighted by Crippen LogP contribution is -2.50. The molecule has 22 heavy (non-hydrogen) atoms. The average Bonchev–Trinajstić information content (AvgIpc) is 2.96. The van der Waals surface area contributed by atoms with E-state index in [1.54, 1.807) is 4.68 Å². The lowest BCUT2D eigenvalue weighted by Gasteiger charge is -2.32. The van der Waals surface area contributed by atoms with Gasteiger partial charge in [0.05, 0.1) is 12.2 Å². The van der Waals surface area contributed by atoms with Gasteiger partial charge in [0.25, 0.3) is 10.2 Å². The molecule has 3 rings (SSSR count). The molecule has 9 nitrogen and oxygen atoms in total. The highest BCUT2D eigenvalue weighted by atomic mass is 32.2. The molecule has 0 atom stereocenters. The molecule has 10 heteroatoms. The zero-order valence-electron chi connectivity index (χ0n) is 11.9. The van der Waals surface area contributed by atoms with E-state index in [4.69, 9.17) is 5.14 Å². The second-order valence-electron chi connectivity index (χ2n) is 5.06. The van der Waals surface area contributed by atoms with Crippen LogP contribution in [0.2, 0.25) is 0 Å². The van der Waals surface area contributed by atoms with Gasteiger partial charge >= 0.3 is 0 Å². The Labute approximate surface area is 128 Å². The van der Waals surface area contributed by atoms with Crippen LogP contribution < -0.4 is 5.14 Å². The molecular weight excluding hydrogens is 306 g/mol. The van der Waals surface area contributed by atoms with E-state index in [9.17, 15) is 8.42 Å². The number of benzene rings is 1. The van der Waals surface area contributed by atoms with Crippen LogP contribution in [0.1, 0.15) is 5.82 Å². The van der Waals surface area contributed by atoms with Gasteiger partial charge < -0.3 is 0 Å². The van der Waals surface area contributed by atoms with Gasteiger partial charge in [-0.3, -0.25) is 4.90 Å². The first-order valence-corrected chi connectivity index (χ1v) is 8.37. The Morgan fingerprint density at radius 1 is 1.09 bits per heavy atom. The third-order valence-electron chi connectivity index (χ3n) is 3.59. The van der Waals surface area contributed by atoms with Crippen LogP contribution in [0, 0.1) is 0 Å². The molecule has 2 heterocycles. The van der Waals surface area contributed by atoms with E-state index in [1.165, 1.54) is 4.31 Å². The summed E-state index contributed by atoms with van der Waals surface area (Å²) in [7, 11) is -3.60. The van der Waals surface area contributed by atoms with E-state index >= 15 is 0 Å². The number of aromatic nitrogens is 4. The first-order chi connectivity index (χ1) is 10.5. The minimum atomic E-state index is -3.60. The normalized spacial score (nSPS) is 17.7. The number of para-hydroxylation sites is 1. The lowest BCUT2D eigenvalue weighted by atomic mass is 10.3. The summed E-state index contributed by atoms with van der Waals surface area (Å²) >= 11 is 0. The summed E-state index contributed by atoms with van der Waals surface area (Å²) in [4.78, 5) is 2.10. The quantitative estimate of drug-likeness (QED) is 0.771. The van der Waals surface area contributed by atoms with Crippen molar-refractivity contribution in [1.29, 1.82) is 0 Å². The Morgan fingerprint density at radius 2 is 1.77 bits per heavy atom. The Hall–Kier alpha value is -1.88. The van der Waals surface area contributed by atoms with Crippen LogP contribution in [0.3, 0.4) is 0 Å². The molecule has 1 aromatic heterocycles. The number of rotatable bonds is 4. The smallest absolute Gasteiger partial charge is 0.276 e. The molecule has 1 aliphatic heterocycles. The van der Waals surface area contributed by atoms with Gasteiger partial charge in [-0.1, -0.05) is 18.2 Å². The molecule has 0 aliphatic carbocycles. The first-order valence-electron chi connectivity index (χ1n) is 6.87. The molecule has 1 saturated heterocycles. The van der Waals surface area contributed by atoms with E-state index < -0.39 is 10.2 Å². The van der Waals surface area contributed by atoms with Crippen molar-refractivity contribution in [2.24, 2.45) is 5.14 Å². The predicted octanol–water partition coefficient (Wildman–Crippen LogP) is -1.02. The third kappa shape index (κ3) is 3.30. The largest absolute Gasteiger partial charge is 0.293 e. The van der Waals surface area contributed by atoms with Crippen LogP contribution in [-0.2, 0) is 16.8 Å². The highest BCUT2D eigenvalue weighted by Crippen LogP contribution is 2.11. The molecule has 0 bridgehead atoms. The van der Waals surface area contributed by atoms with Crippen molar-refractivity contribution in [3.05, 3.63) is 36.2 Å². The van der Waals surface area contributed by atoms with Crippen molar-refractivity contribution in [2.75, 3.05) is 26.2 Å². The van der Waals surface area contributed by atoms with Crippen molar-refractivity contribution in [3.8, 4) is 5.69 Å². The molecule has 0 radical (unpaired) electrons. The molecule has 2 N–H and O–H groups in total. The molecule has 2 aromatic rings. The average molecular weight is 323 g/mol. The molecular formula is C12H17N7O2S. The van der Waals surface area contributed by atoms with E-state index in [2.05, 4.69) is 20.4 Å². The number of nitrogens with two attached hydrogens (primary N) is 1. The third-order valence-corrected chi connectivity index (χ3v) is 4.68. The fraction of sp³-hybridized carbons (Fsp3) is 0.417. The number of hydrogen-bond donors (Lipinski definition) is 1. The van der Waals surface area contributed by atoms with Gasteiger partial charge in [-0.15, -0.1) is 5.10 Å². The standard InChI is InChI=1S/C12H17N7O2S/c13-22(20,21)18-8-6-17(7-9-18)10-12-14-15-16-19(12)11-4-2-1-3-5-11/h1-5H,6-10H2,(H2,13,20,21). The van der Waals surface area contributed by atoms with Crippen LogP contribution in [-0.4, -0.2) is 64.0 Å². The van der Waals surface area contributed by atoms with Crippen molar-refractivity contribution < 1.29 is 8.42 Å². The van der Waals surface area contributed by atoms with Crippen molar-refractivity contribution in [2.45, 2.75) is 6.54 Å². The van der Waals surface area contributed by atoms with Gasteiger partial charge in [-0.25, -0.2) is 5.14 Å². The molecule has 0 saturated carbocycles. The summed E-state index contributed by atoms with van der Waals surface area (Å²) in [5.74, 6) is 0.718. The molecule has 0 amide bonds. The Bertz CT molecular complexity index is 723. The number of tetrazole rings is 1. The maximum Gasteiger partial charge on any atom is 0.276 e. The predicted molar refractivity (Wildman–Crippen MR) is 79.1 cm³/mol. The summed E-state index contributed by atoms with van der Waals surface area (Å²) in [5.41, 5.74) is 0.894. The van der Waals surface area contributed by atoms with Crippen LogP contribution >= 0.6 is 0 Å². The SMILES string of the molecule is NS(=O)(=O)N1CCN(Cc2nnnn2-c2ccccc2)CC1. The first kappa shape index (κ1) is 15.0. The molecule has 1 aliphatic rings. The molecule has 1 aromatic carbocycles. The molecule has 0 unspecified atom stereocenters. The highest BCUT2D eigenvalue weighted by molar-refractivity contribution is 7.86. The number of nitrogens with zero attached hydrogens (tertiary/aromatic N) is 6. The van der Waals surface area contributed by atoms with Crippen LogP contribution in [0.25, 0.3) is 5.69 Å². The van der Waals surface area contributed by atoms with E-state index in [0.717, 1.165) is 11.5 Å². The summed E-state index contributed by atoms with van der Waals surface area (Å²) in [6, 6.07) is 9.63. The van der Waals surface area contributed by atoms with Gasteiger partial charge in [-0.05, 0) is 22.6 Å². The van der Waals surface area contributed by atoms with E-state index in [1.807, 2.05) is 30.3 Å². The van der Waals surface area contributed by atoms with E-state index in [0.29, 0.717) is 32.7 Å². The van der Waals surface area contributed by atoms with Crippen LogP contribution in [0.15, 0.2) is 30.3 Å². The topological polar surface area (TPSA) is 110 Å².